The highest BCUT2D eigenvalue weighted by atomic mass is 35.5. The summed E-state index contributed by atoms with van der Waals surface area (Å²) in [6.45, 7) is 8.11. The highest BCUT2D eigenvalue weighted by Crippen LogP contribution is 2.20. The molecule has 1 aromatic rings. The van der Waals surface area contributed by atoms with Gasteiger partial charge in [0.25, 0.3) is 0 Å². The van der Waals surface area contributed by atoms with Crippen molar-refractivity contribution < 1.29 is 0 Å². The minimum Gasteiger partial charge on any atom is -0.324 e. The summed E-state index contributed by atoms with van der Waals surface area (Å²) < 4.78 is 0. The number of nitrogens with two attached hydrogens (primary N) is 1. The molecular formula is C14H22ClN. The van der Waals surface area contributed by atoms with E-state index >= 15 is 0 Å². The number of benzene rings is 1. The molecule has 2 N–H and O–H groups in total. The molecule has 0 saturated carbocycles. The van der Waals surface area contributed by atoms with Gasteiger partial charge in [-0.2, -0.15) is 0 Å². The van der Waals surface area contributed by atoms with Gasteiger partial charge in [0.1, 0.15) is 0 Å². The Morgan fingerprint density at radius 1 is 1.19 bits per heavy atom. The van der Waals surface area contributed by atoms with E-state index in [-0.39, 0.29) is 18.4 Å². The molecule has 90 valence electrons. The van der Waals surface area contributed by atoms with Crippen LogP contribution in [0.4, 0.5) is 0 Å². The second-order valence-corrected chi connectivity index (χ2v) is 4.29. The van der Waals surface area contributed by atoms with E-state index in [1.165, 1.54) is 11.1 Å². The first-order valence-corrected chi connectivity index (χ1v) is 5.61. The third kappa shape index (κ3) is 4.38. The molecule has 16 heavy (non-hydrogen) atoms. The molecule has 1 atom stereocenters. The largest absolute Gasteiger partial charge is 0.324 e. The van der Waals surface area contributed by atoms with Crippen LogP contribution in [0.25, 0.3) is 0 Å². The molecule has 1 nitrogen and oxygen atoms in total. The number of rotatable bonds is 5. The standard InChI is InChI=1S/C14H21N.ClH/c1-4-5-6-14(15)13-9-7-12(8-10-13)11(2)3;/h4,7-11,14H,1,5-6,15H2,2-3H3;1H/t14-;/m1./s1. The van der Waals surface area contributed by atoms with Crippen molar-refractivity contribution in [2.75, 3.05) is 0 Å². The summed E-state index contributed by atoms with van der Waals surface area (Å²) in [5, 5.41) is 0. The maximum absolute atomic E-state index is 6.06. The minimum absolute atomic E-state index is 0. The molecule has 0 bridgehead atoms. The van der Waals surface area contributed by atoms with Crippen LogP contribution in [0, 0.1) is 0 Å². The molecular weight excluding hydrogens is 218 g/mol. The number of hydrogen-bond acceptors (Lipinski definition) is 1. The Morgan fingerprint density at radius 2 is 1.69 bits per heavy atom. The van der Waals surface area contributed by atoms with Crippen LogP contribution < -0.4 is 5.73 Å². The maximum Gasteiger partial charge on any atom is 0.0297 e. The lowest BCUT2D eigenvalue weighted by atomic mass is 9.97. The molecule has 0 heterocycles. The topological polar surface area (TPSA) is 26.0 Å². The van der Waals surface area contributed by atoms with Crippen molar-refractivity contribution in [2.24, 2.45) is 5.73 Å². The van der Waals surface area contributed by atoms with Crippen molar-refractivity contribution in [1.82, 2.24) is 0 Å². The van der Waals surface area contributed by atoms with E-state index in [0.717, 1.165) is 12.8 Å². The van der Waals surface area contributed by atoms with Gasteiger partial charge in [0.15, 0.2) is 0 Å². The van der Waals surface area contributed by atoms with Crippen LogP contribution in [0.15, 0.2) is 36.9 Å². The van der Waals surface area contributed by atoms with Gasteiger partial charge in [-0.15, -0.1) is 19.0 Å². The lowest BCUT2D eigenvalue weighted by molar-refractivity contribution is 0.661. The lowest BCUT2D eigenvalue weighted by Gasteiger charge is -2.12. The van der Waals surface area contributed by atoms with Crippen molar-refractivity contribution in [3.63, 3.8) is 0 Å². The quantitative estimate of drug-likeness (QED) is 0.766. The van der Waals surface area contributed by atoms with Gasteiger partial charge in [-0.1, -0.05) is 44.2 Å². The summed E-state index contributed by atoms with van der Waals surface area (Å²) >= 11 is 0. The fraction of sp³-hybridized carbons (Fsp3) is 0.429. The molecule has 1 aromatic carbocycles. The van der Waals surface area contributed by atoms with E-state index in [4.69, 9.17) is 5.73 Å². The SMILES string of the molecule is C=CCC[C@@H](N)c1ccc(C(C)C)cc1.Cl. The molecule has 0 unspecified atom stereocenters. The van der Waals surface area contributed by atoms with E-state index in [1.807, 2.05) is 6.08 Å². The summed E-state index contributed by atoms with van der Waals surface area (Å²) in [6, 6.07) is 8.78. The average Bonchev–Trinajstić information content (AvgIpc) is 2.26. The van der Waals surface area contributed by atoms with Gasteiger partial charge in [-0.3, -0.25) is 0 Å². The summed E-state index contributed by atoms with van der Waals surface area (Å²) in [6.07, 6.45) is 3.87. The maximum atomic E-state index is 6.06. The summed E-state index contributed by atoms with van der Waals surface area (Å²) in [7, 11) is 0. The van der Waals surface area contributed by atoms with Gasteiger partial charge >= 0.3 is 0 Å². The fourth-order valence-electron chi connectivity index (χ4n) is 1.59. The van der Waals surface area contributed by atoms with Gasteiger partial charge in [0, 0.05) is 6.04 Å². The fourth-order valence-corrected chi connectivity index (χ4v) is 1.59. The Hall–Kier alpha value is -0.790. The molecule has 0 saturated heterocycles. The van der Waals surface area contributed by atoms with Crippen molar-refractivity contribution in [3.8, 4) is 0 Å². The Bertz CT molecular complexity index is 303. The van der Waals surface area contributed by atoms with Crippen molar-refractivity contribution >= 4 is 12.4 Å². The summed E-state index contributed by atoms with van der Waals surface area (Å²) in [5.41, 5.74) is 8.65. The average molecular weight is 240 g/mol. The second kappa shape index (κ2) is 7.48. The van der Waals surface area contributed by atoms with Gasteiger partial charge in [-0.25, -0.2) is 0 Å². The number of halogens is 1. The Labute approximate surface area is 105 Å². The zero-order chi connectivity index (χ0) is 11.3. The van der Waals surface area contributed by atoms with Crippen LogP contribution in [-0.2, 0) is 0 Å². The molecule has 0 amide bonds. The van der Waals surface area contributed by atoms with E-state index in [2.05, 4.69) is 44.7 Å². The Kier molecular flexibility index (Phi) is 7.11. The molecule has 0 aromatic heterocycles. The van der Waals surface area contributed by atoms with Gasteiger partial charge in [0.2, 0.25) is 0 Å². The highest BCUT2D eigenvalue weighted by molar-refractivity contribution is 5.85. The van der Waals surface area contributed by atoms with Crippen molar-refractivity contribution in [2.45, 2.75) is 38.6 Å². The zero-order valence-electron chi connectivity index (χ0n) is 10.1. The van der Waals surface area contributed by atoms with Gasteiger partial charge < -0.3 is 5.73 Å². The number of hydrogen-bond donors (Lipinski definition) is 1. The minimum atomic E-state index is 0. The predicted octanol–water partition coefficient (Wildman–Crippen LogP) is 4.20. The van der Waals surface area contributed by atoms with E-state index in [0.29, 0.717) is 5.92 Å². The summed E-state index contributed by atoms with van der Waals surface area (Å²) in [5.74, 6) is 0.587. The molecule has 0 spiro atoms. The molecule has 0 aliphatic rings. The molecule has 1 rings (SSSR count). The third-order valence-electron chi connectivity index (χ3n) is 2.71. The van der Waals surface area contributed by atoms with Crippen LogP contribution in [0.1, 0.15) is 49.8 Å². The Balaban J connectivity index is 0.00000225. The van der Waals surface area contributed by atoms with Crippen molar-refractivity contribution in [1.29, 1.82) is 0 Å². The molecule has 0 aliphatic heterocycles. The monoisotopic (exact) mass is 239 g/mol. The zero-order valence-corrected chi connectivity index (χ0v) is 11.0. The summed E-state index contributed by atoms with van der Waals surface area (Å²) in [4.78, 5) is 0. The van der Waals surface area contributed by atoms with E-state index in [9.17, 15) is 0 Å². The van der Waals surface area contributed by atoms with Crippen LogP contribution in [0.3, 0.4) is 0 Å². The molecule has 0 aliphatic carbocycles. The molecule has 2 heteroatoms. The molecule has 0 fully saturated rings. The van der Waals surface area contributed by atoms with Crippen LogP contribution in [0.5, 0.6) is 0 Å². The Morgan fingerprint density at radius 3 is 2.12 bits per heavy atom. The normalized spacial score (nSPS) is 12.0. The van der Waals surface area contributed by atoms with Crippen LogP contribution in [-0.4, -0.2) is 0 Å². The lowest BCUT2D eigenvalue weighted by Crippen LogP contribution is -2.09. The van der Waals surface area contributed by atoms with E-state index in [1.54, 1.807) is 0 Å². The first-order valence-electron chi connectivity index (χ1n) is 5.61. The van der Waals surface area contributed by atoms with Gasteiger partial charge in [-0.05, 0) is 29.9 Å². The van der Waals surface area contributed by atoms with Crippen molar-refractivity contribution in [3.05, 3.63) is 48.0 Å². The third-order valence-corrected chi connectivity index (χ3v) is 2.71. The first-order chi connectivity index (χ1) is 7.15. The second-order valence-electron chi connectivity index (χ2n) is 4.29. The smallest absolute Gasteiger partial charge is 0.0297 e. The van der Waals surface area contributed by atoms with Crippen LogP contribution in [0.2, 0.25) is 0 Å². The predicted molar refractivity (Wildman–Crippen MR) is 74.1 cm³/mol. The number of allylic oxidation sites excluding steroid dienone is 1. The van der Waals surface area contributed by atoms with E-state index < -0.39 is 0 Å². The first kappa shape index (κ1) is 15.2. The molecule has 0 radical (unpaired) electrons. The van der Waals surface area contributed by atoms with Crippen LogP contribution >= 0.6 is 12.4 Å². The highest BCUT2D eigenvalue weighted by Gasteiger charge is 2.05. The van der Waals surface area contributed by atoms with Gasteiger partial charge in [0.05, 0.1) is 0 Å².